The van der Waals surface area contributed by atoms with Gasteiger partial charge in [-0.1, -0.05) is 24.0 Å². The van der Waals surface area contributed by atoms with E-state index in [1.807, 2.05) is 13.0 Å². The summed E-state index contributed by atoms with van der Waals surface area (Å²) in [5.74, 6) is 0.630. The Labute approximate surface area is 192 Å². The molecule has 0 bridgehead atoms. The molecular formula is C22H28N4O3S2. The summed E-state index contributed by atoms with van der Waals surface area (Å²) in [5, 5.41) is 9.58. The second-order valence-corrected chi connectivity index (χ2v) is 9.32. The summed E-state index contributed by atoms with van der Waals surface area (Å²) in [6.45, 7) is 7.14. The Balaban J connectivity index is 2.02. The van der Waals surface area contributed by atoms with Crippen LogP contribution in [0.3, 0.4) is 0 Å². The molecule has 0 unspecified atom stereocenters. The van der Waals surface area contributed by atoms with E-state index in [2.05, 4.69) is 4.90 Å². The number of ether oxygens (including phenoxy) is 1. The van der Waals surface area contributed by atoms with Gasteiger partial charge in [0.15, 0.2) is 0 Å². The highest BCUT2D eigenvalue weighted by Crippen LogP contribution is 2.36. The number of aromatic nitrogens is 1. The van der Waals surface area contributed by atoms with Crippen molar-refractivity contribution < 1.29 is 9.53 Å². The maximum absolute atomic E-state index is 13.1. The number of thioether (sulfide) groups is 1. The smallest absolute Gasteiger partial charge is 0.270 e. The average Bonchev–Trinajstić information content (AvgIpc) is 3.03. The molecule has 2 fully saturated rings. The molecule has 2 aliphatic heterocycles. The minimum Gasteiger partial charge on any atom is -0.382 e. The van der Waals surface area contributed by atoms with Crippen molar-refractivity contribution >= 4 is 46.1 Å². The summed E-state index contributed by atoms with van der Waals surface area (Å²) >= 11 is 6.71. The monoisotopic (exact) mass is 460 g/mol. The summed E-state index contributed by atoms with van der Waals surface area (Å²) in [5.41, 5.74) is 1.16. The van der Waals surface area contributed by atoms with Crippen molar-refractivity contribution in [1.29, 1.82) is 5.26 Å². The lowest BCUT2D eigenvalue weighted by Crippen LogP contribution is -2.36. The van der Waals surface area contributed by atoms with Gasteiger partial charge < -0.3 is 9.64 Å². The predicted molar refractivity (Wildman–Crippen MR) is 128 cm³/mol. The van der Waals surface area contributed by atoms with Crippen LogP contribution in [0.4, 0.5) is 5.82 Å². The highest BCUT2D eigenvalue weighted by molar-refractivity contribution is 8.26. The summed E-state index contributed by atoms with van der Waals surface area (Å²) in [6, 6.07) is 2.05. The van der Waals surface area contributed by atoms with E-state index in [0.717, 1.165) is 43.7 Å². The maximum Gasteiger partial charge on any atom is 0.270 e. The molecule has 0 spiro atoms. The van der Waals surface area contributed by atoms with Crippen LogP contribution in [0.15, 0.2) is 9.70 Å². The molecule has 1 amide bonds. The van der Waals surface area contributed by atoms with Gasteiger partial charge in [-0.05, 0) is 51.2 Å². The molecule has 2 aliphatic rings. The first-order valence-electron chi connectivity index (χ1n) is 10.6. The van der Waals surface area contributed by atoms with Crippen LogP contribution < -0.4 is 10.5 Å². The van der Waals surface area contributed by atoms with Crippen LogP contribution in [0.1, 0.15) is 49.3 Å². The van der Waals surface area contributed by atoms with Crippen LogP contribution in [0, 0.1) is 18.3 Å². The lowest BCUT2D eigenvalue weighted by molar-refractivity contribution is -0.122. The largest absolute Gasteiger partial charge is 0.382 e. The first-order chi connectivity index (χ1) is 14.9. The van der Waals surface area contributed by atoms with E-state index in [1.54, 1.807) is 29.5 Å². The molecule has 3 heterocycles. The lowest BCUT2D eigenvalue weighted by atomic mass is 10.0. The maximum atomic E-state index is 13.1. The number of hydrogen-bond acceptors (Lipinski definition) is 7. The van der Waals surface area contributed by atoms with E-state index in [9.17, 15) is 14.9 Å². The van der Waals surface area contributed by atoms with Crippen molar-refractivity contribution in [2.24, 2.45) is 7.05 Å². The number of carbonyl (C=O) groups is 1. The van der Waals surface area contributed by atoms with Crippen molar-refractivity contribution in [2.45, 2.75) is 39.5 Å². The Kier molecular flexibility index (Phi) is 7.92. The highest BCUT2D eigenvalue weighted by Gasteiger charge is 2.33. The molecular weight excluding hydrogens is 432 g/mol. The Morgan fingerprint density at radius 2 is 1.97 bits per heavy atom. The Morgan fingerprint density at radius 1 is 1.26 bits per heavy atom. The minimum absolute atomic E-state index is 0.113. The number of piperidine rings is 1. The zero-order chi connectivity index (χ0) is 22.5. The van der Waals surface area contributed by atoms with Gasteiger partial charge in [0, 0.05) is 45.5 Å². The second kappa shape index (κ2) is 10.4. The molecule has 0 aromatic carbocycles. The summed E-state index contributed by atoms with van der Waals surface area (Å²) in [6.07, 6.45) is 5.78. The molecule has 1 aromatic rings. The van der Waals surface area contributed by atoms with E-state index in [0.29, 0.717) is 41.0 Å². The van der Waals surface area contributed by atoms with E-state index in [1.165, 1.54) is 11.8 Å². The SMILES string of the molecule is CCOCCCN1C(=O)/C(=C/c2c(C)c(C#N)c(=O)n(C)c2N2CCCCC2)SC1=S. The van der Waals surface area contributed by atoms with Crippen molar-refractivity contribution in [1.82, 2.24) is 9.47 Å². The summed E-state index contributed by atoms with van der Waals surface area (Å²) < 4.78 is 7.43. The summed E-state index contributed by atoms with van der Waals surface area (Å²) in [4.78, 5) is 30.2. The molecule has 7 nitrogen and oxygen atoms in total. The molecule has 0 saturated carbocycles. The third kappa shape index (κ3) is 4.86. The minimum atomic E-state index is -0.304. The number of thiocarbonyl (C=S) groups is 1. The standard InChI is InChI=1S/C22H28N4O3S2/c1-4-29-12-8-11-26-21(28)18(31-22(26)30)13-16-15(2)17(14-23)20(27)24(3)19(16)25-9-6-5-7-10-25/h13H,4-12H2,1-3H3/b18-13-. The second-order valence-electron chi connectivity index (χ2n) is 7.64. The molecule has 2 saturated heterocycles. The Hall–Kier alpha value is -2.15. The molecule has 166 valence electrons. The average molecular weight is 461 g/mol. The van der Waals surface area contributed by atoms with Crippen molar-refractivity contribution in [3.8, 4) is 6.07 Å². The molecule has 31 heavy (non-hydrogen) atoms. The van der Waals surface area contributed by atoms with Crippen LogP contribution in [0.25, 0.3) is 6.08 Å². The van der Waals surface area contributed by atoms with E-state index in [-0.39, 0.29) is 17.0 Å². The third-order valence-corrected chi connectivity index (χ3v) is 7.02. The first kappa shape index (κ1) is 23.5. The normalized spacial score (nSPS) is 18.2. The third-order valence-electron chi connectivity index (χ3n) is 5.65. The number of anilines is 1. The fourth-order valence-electron chi connectivity index (χ4n) is 3.99. The molecule has 0 N–H and O–H groups in total. The zero-order valence-electron chi connectivity index (χ0n) is 18.3. The van der Waals surface area contributed by atoms with E-state index < -0.39 is 0 Å². The van der Waals surface area contributed by atoms with Crippen LogP contribution in [0.2, 0.25) is 0 Å². The van der Waals surface area contributed by atoms with Gasteiger partial charge in [-0.3, -0.25) is 19.1 Å². The summed E-state index contributed by atoms with van der Waals surface area (Å²) in [7, 11) is 1.70. The highest BCUT2D eigenvalue weighted by atomic mass is 32.2. The number of nitriles is 1. The van der Waals surface area contributed by atoms with Gasteiger partial charge in [0.1, 0.15) is 21.8 Å². The fraction of sp³-hybridized carbons (Fsp3) is 0.545. The Morgan fingerprint density at radius 3 is 2.61 bits per heavy atom. The van der Waals surface area contributed by atoms with Gasteiger partial charge in [0.05, 0.1) is 4.91 Å². The van der Waals surface area contributed by atoms with Gasteiger partial charge in [0.25, 0.3) is 11.5 Å². The van der Waals surface area contributed by atoms with Gasteiger partial charge in [0.2, 0.25) is 0 Å². The molecule has 3 rings (SSSR count). The van der Waals surface area contributed by atoms with Crippen molar-refractivity contribution in [2.75, 3.05) is 37.7 Å². The molecule has 1 aromatic heterocycles. The lowest BCUT2D eigenvalue weighted by Gasteiger charge is -2.32. The predicted octanol–water partition coefficient (Wildman–Crippen LogP) is 3.18. The quantitative estimate of drug-likeness (QED) is 0.351. The van der Waals surface area contributed by atoms with Crippen molar-refractivity contribution in [3.05, 3.63) is 31.9 Å². The molecule has 0 atom stereocenters. The van der Waals surface area contributed by atoms with Crippen LogP contribution in [-0.2, 0) is 16.6 Å². The first-order valence-corrected chi connectivity index (χ1v) is 11.8. The van der Waals surface area contributed by atoms with Gasteiger partial charge in [-0.15, -0.1) is 0 Å². The van der Waals surface area contributed by atoms with Gasteiger partial charge in [-0.2, -0.15) is 5.26 Å². The van der Waals surface area contributed by atoms with Crippen molar-refractivity contribution in [3.63, 3.8) is 0 Å². The molecule has 0 aliphatic carbocycles. The fourth-order valence-corrected chi connectivity index (χ4v) is 5.28. The van der Waals surface area contributed by atoms with Gasteiger partial charge >= 0.3 is 0 Å². The number of amides is 1. The topological polar surface area (TPSA) is 78.6 Å². The van der Waals surface area contributed by atoms with Crippen LogP contribution >= 0.6 is 24.0 Å². The molecule has 9 heteroatoms. The number of carbonyl (C=O) groups excluding carboxylic acids is 1. The Bertz CT molecular complexity index is 1000. The number of pyridine rings is 1. The molecule has 0 radical (unpaired) electrons. The van der Waals surface area contributed by atoms with Gasteiger partial charge in [-0.25, -0.2) is 0 Å². The number of hydrogen-bond donors (Lipinski definition) is 0. The van der Waals surface area contributed by atoms with E-state index in [4.69, 9.17) is 17.0 Å². The van der Waals surface area contributed by atoms with Crippen LogP contribution in [0.5, 0.6) is 0 Å². The number of rotatable bonds is 7. The zero-order valence-corrected chi connectivity index (χ0v) is 19.9. The van der Waals surface area contributed by atoms with Crippen LogP contribution in [-0.4, -0.2) is 52.5 Å². The number of nitrogens with zero attached hydrogens (tertiary/aromatic N) is 4. The van der Waals surface area contributed by atoms with E-state index >= 15 is 0 Å².